The summed E-state index contributed by atoms with van der Waals surface area (Å²) in [7, 11) is 0. The summed E-state index contributed by atoms with van der Waals surface area (Å²) in [6.45, 7) is 34.5. The van der Waals surface area contributed by atoms with E-state index in [0.29, 0.717) is 29.3 Å². The number of carbonyl (C=O) groups excluding carboxylic acids is 1. The van der Waals surface area contributed by atoms with Crippen LogP contribution in [-0.4, -0.2) is 51.8 Å². The lowest BCUT2D eigenvalue weighted by molar-refractivity contribution is -0.133. The van der Waals surface area contributed by atoms with Gasteiger partial charge in [-0.2, -0.15) is 0 Å². The molecule has 6 atom stereocenters. The van der Waals surface area contributed by atoms with E-state index in [2.05, 4.69) is 79.0 Å². The fraction of sp³-hybridized carbons (Fsp3) is 0.967. The van der Waals surface area contributed by atoms with Crippen molar-refractivity contribution in [2.75, 3.05) is 6.54 Å². The molecule has 0 spiro atoms. The van der Waals surface area contributed by atoms with Crippen molar-refractivity contribution in [3.05, 3.63) is 0 Å². The van der Waals surface area contributed by atoms with Gasteiger partial charge in [0.25, 0.3) is 0 Å². The average Bonchev–Trinajstić information content (AvgIpc) is 3.32. The molecule has 3 unspecified atom stereocenters. The molecule has 2 aliphatic heterocycles. The number of ketones is 1. The quantitative estimate of drug-likeness (QED) is 0.419. The molecule has 0 bridgehead atoms. The van der Waals surface area contributed by atoms with E-state index in [-0.39, 0.29) is 16.9 Å². The SMILES string of the molecule is CC.CC(C)N1C(C(=O)C(C)(C)C)C(C)C(C)(C)C1C.C[C@@H]1[C@H]2CCC[C@H]2CN1C(C)(C)C. The van der Waals surface area contributed by atoms with Crippen molar-refractivity contribution in [3.63, 3.8) is 0 Å². The number of carbonyl (C=O) groups is 1. The van der Waals surface area contributed by atoms with Gasteiger partial charge in [-0.15, -0.1) is 0 Å². The predicted molar refractivity (Wildman–Crippen MR) is 146 cm³/mol. The van der Waals surface area contributed by atoms with Crippen molar-refractivity contribution >= 4 is 5.78 Å². The molecule has 0 aromatic rings. The normalized spacial score (nSPS) is 34.4. The maximum absolute atomic E-state index is 12.8. The zero-order chi connectivity index (χ0) is 26.1. The van der Waals surface area contributed by atoms with Crippen LogP contribution in [-0.2, 0) is 4.79 Å². The van der Waals surface area contributed by atoms with Crippen LogP contribution in [0.4, 0.5) is 0 Å². The van der Waals surface area contributed by atoms with Gasteiger partial charge >= 0.3 is 0 Å². The first-order valence-corrected chi connectivity index (χ1v) is 14.0. The molecule has 0 aromatic carbocycles. The van der Waals surface area contributed by atoms with Gasteiger partial charge in [0.15, 0.2) is 5.78 Å². The fourth-order valence-corrected chi connectivity index (χ4v) is 6.71. The number of nitrogens with zero attached hydrogens (tertiary/aromatic N) is 2. The van der Waals surface area contributed by atoms with E-state index in [0.717, 1.165) is 17.9 Å². The van der Waals surface area contributed by atoms with Crippen molar-refractivity contribution in [3.8, 4) is 0 Å². The average molecular weight is 465 g/mol. The molecule has 2 heterocycles. The van der Waals surface area contributed by atoms with Gasteiger partial charge in [-0.1, -0.05) is 61.8 Å². The van der Waals surface area contributed by atoms with Gasteiger partial charge in [-0.3, -0.25) is 14.6 Å². The van der Waals surface area contributed by atoms with E-state index < -0.39 is 0 Å². The first-order valence-electron chi connectivity index (χ1n) is 14.0. The van der Waals surface area contributed by atoms with E-state index in [1.807, 2.05) is 34.6 Å². The van der Waals surface area contributed by atoms with Gasteiger partial charge in [0.1, 0.15) is 0 Å². The van der Waals surface area contributed by atoms with Crippen LogP contribution in [0.2, 0.25) is 0 Å². The van der Waals surface area contributed by atoms with Crippen LogP contribution in [0.3, 0.4) is 0 Å². The van der Waals surface area contributed by atoms with Crippen molar-refractivity contribution in [1.29, 1.82) is 0 Å². The predicted octanol–water partition coefficient (Wildman–Crippen LogP) is 7.68. The first-order chi connectivity index (χ1) is 14.9. The van der Waals surface area contributed by atoms with Gasteiger partial charge in [0.2, 0.25) is 0 Å². The molecule has 3 rings (SSSR count). The van der Waals surface area contributed by atoms with Crippen molar-refractivity contribution in [2.45, 2.75) is 153 Å². The lowest BCUT2D eigenvalue weighted by Gasteiger charge is -2.37. The molecule has 0 amide bonds. The topological polar surface area (TPSA) is 23.6 Å². The Morgan fingerprint density at radius 3 is 1.85 bits per heavy atom. The lowest BCUT2D eigenvalue weighted by Crippen LogP contribution is -2.49. The maximum Gasteiger partial charge on any atom is 0.155 e. The molecule has 3 aliphatic rings. The van der Waals surface area contributed by atoms with Crippen LogP contribution in [0.15, 0.2) is 0 Å². The third-order valence-electron chi connectivity index (χ3n) is 9.22. The van der Waals surface area contributed by atoms with Gasteiger partial charge in [-0.25, -0.2) is 0 Å². The number of hydrogen-bond acceptors (Lipinski definition) is 3. The molecular formula is C30H60N2O. The zero-order valence-corrected chi connectivity index (χ0v) is 25.2. The molecule has 0 N–H and O–H groups in total. The highest BCUT2D eigenvalue weighted by atomic mass is 16.1. The van der Waals surface area contributed by atoms with E-state index in [9.17, 15) is 4.79 Å². The lowest BCUT2D eigenvalue weighted by atomic mass is 9.73. The summed E-state index contributed by atoms with van der Waals surface area (Å²) in [4.78, 5) is 17.9. The number of likely N-dealkylation sites (tertiary alicyclic amines) is 2. The van der Waals surface area contributed by atoms with Crippen molar-refractivity contribution in [2.24, 2.45) is 28.6 Å². The Morgan fingerprint density at radius 1 is 0.939 bits per heavy atom. The molecule has 3 fully saturated rings. The smallest absolute Gasteiger partial charge is 0.155 e. The molecule has 196 valence electrons. The molecule has 0 aromatic heterocycles. The Hall–Kier alpha value is -0.410. The van der Waals surface area contributed by atoms with Crippen LogP contribution in [0.5, 0.6) is 0 Å². The van der Waals surface area contributed by atoms with Crippen LogP contribution in [0.25, 0.3) is 0 Å². The summed E-state index contributed by atoms with van der Waals surface area (Å²) in [5, 5.41) is 0. The minimum atomic E-state index is -0.258. The maximum atomic E-state index is 12.8. The van der Waals surface area contributed by atoms with E-state index in [4.69, 9.17) is 0 Å². The van der Waals surface area contributed by atoms with E-state index >= 15 is 0 Å². The summed E-state index contributed by atoms with van der Waals surface area (Å²) < 4.78 is 0. The molecule has 33 heavy (non-hydrogen) atoms. The largest absolute Gasteiger partial charge is 0.297 e. The van der Waals surface area contributed by atoms with Gasteiger partial charge in [-0.05, 0) is 84.5 Å². The highest BCUT2D eigenvalue weighted by Gasteiger charge is 2.54. The number of Topliss-reactive ketones (excluding diaryl/α,β-unsaturated/α-hetero) is 1. The summed E-state index contributed by atoms with van der Waals surface area (Å²) in [5.41, 5.74) is 0.311. The Labute approximate surface area is 208 Å². The van der Waals surface area contributed by atoms with Crippen LogP contribution in [0, 0.1) is 28.6 Å². The molecule has 0 radical (unpaired) electrons. The van der Waals surface area contributed by atoms with Crippen LogP contribution < -0.4 is 0 Å². The molecule has 1 saturated carbocycles. The van der Waals surface area contributed by atoms with Crippen LogP contribution >= 0.6 is 0 Å². The number of rotatable bonds is 2. The zero-order valence-electron chi connectivity index (χ0n) is 25.2. The fourth-order valence-electron chi connectivity index (χ4n) is 6.71. The Kier molecular flexibility index (Phi) is 10.3. The monoisotopic (exact) mass is 464 g/mol. The second kappa shape index (κ2) is 11.1. The van der Waals surface area contributed by atoms with Crippen LogP contribution in [0.1, 0.15) is 123 Å². The highest BCUT2D eigenvalue weighted by molar-refractivity contribution is 5.89. The first kappa shape index (κ1) is 30.6. The summed E-state index contributed by atoms with van der Waals surface area (Å²) >= 11 is 0. The molecule has 3 nitrogen and oxygen atoms in total. The second-order valence-corrected chi connectivity index (χ2v) is 13.8. The number of fused-ring (bicyclic) bond motifs is 1. The van der Waals surface area contributed by atoms with Crippen molar-refractivity contribution in [1.82, 2.24) is 9.80 Å². The molecule has 3 heteroatoms. The van der Waals surface area contributed by atoms with Gasteiger partial charge in [0.05, 0.1) is 6.04 Å². The van der Waals surface area contributed by atoms with Gasteiger partial charge < -0.3 is 0 Å². The summed E-state index contributed by atoms with van der Waals surface area (Å²) in [6, 6.07) is 1.76. The Bertz CT molecular complexity index is 624. The molecule has 2 saturated heterocycles. The minimum Gasteiger partial charge on any atom is -0.297 e. The number of hydrogen-bond donors (Lipinski definition) is 0. The van der Waals surface area contributed by atoms with Gasteiger partial charge in [0, 0.05) is 35.6 Å². The molecule has 1 aliphatic carbocycles. The van der Waals surface area contributed by atoms with E-state index in [1.165, 1.54) is 25.8 Å². The minimum absolute atomic E-state index is 0.0648. The second-order valence-electron chi connectivity index (χ2n) is 13.8. The Balaban J connectivity index is 0.000000319. The standard InChI is InChI=1S/C16H31NO.C12H23N.C2H6/c1-10(2)17-12(4)16(8,9)11(3)13(17)14(18)15(5,6)7;1-9-11-7-5-6-10(11)8-13(9)12(2,3)4;1-2/h10-13H,1-9H3;9-11H,5-8H2,1-4H3;1-2H3/t;9-,10+,11-;/m.1./s1. The van der Waals surface area contributed by atoms with E-state index in [1.54, 1.807) is 0 Å². The highest BCUT2D eigenvalue weighted by Crippen LogP contribution is 2.47. The third-order valence-corrected chi connectivity index (χ3v) is 9.22. The van der Waals surface area contributed by atoms with Crippen molar-refractivity contribution < 1.29 is 4.79 Å². The summed E-state index contributed by atoms with van der Waals surface area (Å²) in [5.74, 6) is 2.83. The summed E-state index contributed by atoms with van der Waals surface area (Å²) in [6.07, 6.45) is 4.46. The molecular weight excluding hydrogens is 404 g/mol. The third kappa shape index (κ3) is 6.43. The Morgan fingerprint density at radius 2 is 1.45 bits per heavy atom.